The number of nitrogens with zero attached hydrogens (tertiary/aromatic N) is 1. The minimum absolute atomic E-state index is 0.558. The summed E-state index contributed by atoms with van der Waals surface area (Å²) < 4.78 is 6.66. The molecule has 2 rings (SSSR count). The monoisotopic (exact) mass is 292 g/mol. The van der Waals surface area contributed by atoms with Gasteiger partial charge in [0.25, 0.3) is 0 Å². The summed E-state index contributed by atoms with van der Waals surface area (Å²) in [6.07, 6.45) is 0. The topological polar surface area (TPSA) is 48.1 Å². The van der Waals surface area contributed by atoms with Gasteiger partial charge in [0.05, 0.1) is 5.69 Å². The Morgan fingerprint density at radius 1 is 1.24 bits per heavy atom. The van der Waals surface area contributed by atoms with Gasteiger partial charge in [0.1, 0.15) is 0 Å². The quantitative estimate of drug-likeness (QED) is 0.856. The number of aromatic nitrogens is 1. The van der Waals surface area contributed by atoms with Gasteiger partial charge in [0, 0.05) is 16.2 Å². The summed E-state index contributed by atoms with van der Waals surface area (Å²) >= 11 is 3.39. The number of hydrogen-bond acceptors (Lipinski definition) is 3. The number of anilines is 1. The van der Waals surface area contributed by atoms with Gasteiger partial charge in [0.2, 0.25) is 5.88 Å². The Kier molecular flexibility index (Phi) is 3.33. The summed E-state index contributed by atoms with van der Waals surface area (Å²) in [5.74, 6) is 1.22. The summed E-state index contributed by atoms with van der Waals surface area (Å²) in [4.78, 5) is 4.28. The average Bonchev–Trinajstić information content (AvgIpc) is 2.23. The first-order valence-corrected chi connectivity index (χ1v) is 6.02. The molecule has 2 N–H and O–H groups in total. The number of ether oxygens (including phenoxy) is 1. The molecule has 17 heavy (non-hydrogen) atoms. The second-order valence-corrected chi connectivity index (χ2v) is 4.78. The van der Waals surface area contributed by atoms with Gasteiger partial charge < -0.3 is 10.5 Å². The fraction of sp³-hybridized carbons (Fsp3) is 0.154. The van der Waals surface area contributed by atoms with E-state index in [9.17, 15) is 0 Å². The number of nitrogens with two attached hydrogens (primary N) is 1. The molecule has 0 aliphatic carbocycles. The zero-order chi connectivity index (χ0) is 12.4. The van der Waals surface area contributed by atoms with E-state index in [0.29, 0.717) is 17.3 Å². The molecule has 88 valence electrons. The third-order valence-corrected chi connectivity index (χ3v) is 2.80. The molecule has 0 bridgehead atoms. The largest absolute Gasteiger partial charge is 0.437 e. The zero-order valence-electron chi connectivity index (χ0n) is 9.70. The first-order chi connectivity index (χ1) is 8.06. The molecule has 2 aromatic rings. The molecule has 0 spiro atoms. The lowest BCUT2D eigenvalue weighted by Gasteiger charge is -2.11. The van der Waals surface area contributed by atoms with Crippen LogP contribution in [0, 0.1) is 13.8 Å². The molecule has 1 aromatic heterocycles. The van der Waals surface area contributed by atoms with E-state index in [0.717, 1.165) is 15.7 Å². The molecule has 0 saturated heterocycles. The standard InChI is InChI=1S/C13H13BrN2O/c1-8-6-10(14)7-11(15)13(8)17-12-5-3-4-9(2)16-12/h3-7H,15H2,1-2H3. The molecule has 4 heteroatoms. The lowest BCUT2D eigenvalue weighted by Crippen LogP contribution is -1.96. The summed E-state index contributed by atoms with van der Waals surface area (Å²) in [6.45, 7) is 3.87. The van der Waals surface area contributed by atoms with E-state index >= 15 is 0 Å². The molecule has 0 radical (unpaired) electrons. The summed E-state index contributed by atoms with van der Waals surface area (Å²) in [5.41, 5.74) is 8.41. The van der Waals surface area contributed by atoms with E-state index in [1.54, 1.807) is 0 Å². The van der Waals surface area contributed by atoms with Crippen molar-refractivity contribution >= 4 is 21.6 Å². The number of nitrogen functional groups attached to an aromatic ring is 1. The molecule has 0 amide bonds. The van der Waals surface area contributed by atoms with Crippen LogP contribution in [0.1, 0.15) is 11.3 Å². The second kappa shape index (κ2) is 4.75. The maximum absolute atomic E-state index is 5.93. The van der Waals surface area contributed by atoms with E-state index in [1.165, 1.54) is 0 Å². The zero-order valence-corrected chi connectivity index (χ0v) is 11.3. The predicted molar refractivity (Wildman–Crippen MR) is 72.3 cm³/mol. The highest BCUT2D eigenvalue weighted by Gasteiger charge is 2.08. The molecule has 0 aliphatic heterocycles. The van der Waals surface area contributed by atoms with Crippen LogP contribution >= 0.6 is 15.9 Å². The van der Waals surface area contributed by atoms with Crippen LogP contribution in [0.3, 0.4) is 0 Å². The van der Waals surface area contributed by atoms with Crippen molar-refractivity contribution in [1.29, 1.82) is 0 Å². The lowest BCUT2D eigenvalue weighted by atomic mass is 10.2. The summed E-state index contributed by atoms with van der Waals surface area (Å²) in [7, 11) is 0. The molecule has 0 atom stereocenters. The van der Waals surface area contributed by atoms with Crippen LogP contribution < -0.4 is 10.5 Å². The molecule has 0 unspecified atom stereocenters. The van der Waals surface area contributed by atoms with Crippen molar-refractivity contribution in [3.63, 3.8) is 0 Å². The number of benzene rings is 1. The Hall–Kier alpha value is -1.55. The van der Waals surface area contributed by atoms with Crippen molar-refractivity contribution in [1.82, 2.24) is 4.98 Å². The van der Waals surface area contributed by atoms with Crippen molar-refractivity contribution in [3.05, 3.63) is 46.1 Å². The Morgan fingerprint density at radius 3 is 2.65 bits per heavy atom. The highest BCUT2D eigenvalue weighted by atomic mass is 79.9. The highest BCUT2D eigenvalue weighted by Crippen LogP contribution is 2.33. The molecule has 3 nitrogen and oxygen atoms in total. The molecule has 0 aliphatic rings. The highest BCUT2D eigenvalue weighted by molar-refractivity contribution is 9.10. The maximum atomic E-state index is 5.93. The minimum atomic E-state index is 0.558. The Bertz CT molecular complexity index is 532. The first kappa shape index (κ1) is 11.9. The Balaban J connectivity index is 2.36. The number of rotatable bonds is 2. The summed E-state index contributed by atoms with van der Waals surface area (Å²) in [5, 5.41) is 0. The van der Waals surface area contributed by atoms with Gasteiger partial charge in [-0.15, -0.1) is 0 Å². The first-order valence-electron chi connectivity index (χ1n) is 5.23. The number of halogens is 1. The van der Waals surface area contributed by atoms with Gasteiger partial charge in [-0.2, -0.15) is 0 Å². The van der Waals surface area contributed by atoms with Gasteiger partial charge in [-0.3, -0.25) is 0 Å². The Labute approximate surface area is 109 Å². The van der Waals surface area contributed by atoms with Crippen LogP contribution in [-0.4, -0.2) is 4.98 Å². The van der Waals surface area contributed by atoms with Crippen molar-refractivity contribution in [2.45, 2.75) is 13.8 Å². The van der Waals surface area contributed by atoms with Crippen LogP contribution in [0.25, 0.3) is 0 Å². The van der Waals surface area contributed by atoms with Gasteiger partial charge >= 0.3 is 0 Å². The Morgan fingerprint density at radius 2 is 2.00 bits per heavy atom. The van der Waals surface area contributed by atoms with Gasteiger partial charge in [-0.25, -0.2) is 4.98 Å². The van der Waals surface area contributed by atoms with Crippen LogP contribution in [0.5, 0.6) is 11.6 Å². The maximum Gasteiger partial charge on any atom is 0.219 e. The lowest BCUT2D eigenvalue weighted by molar-refractivity contribution is 0.460. The minimum Gasteiger partial charge on any atom is -0.437 e. The van der Waals surface area contributed by atoms with Crippen molar-refractivity contribution in [2.24, 2.45) is 0 Å². The number of hydrogen-bond donors (Lipinski definition) is 1. The number of aryl methyl sites for hydroxylation is 2. The van der Waals surface area contributed by atoms with Crippen LogP contribution in [0.4, 0.5) is 5.69 Å². The average molecular weight is 293 g/mol. The van der Waals surface area contributed by atoms with E-state index in [4.69, 9.17) is 10.5 Å². The van der Waals surface area contributed by atoms with E-state index in [1.807, 2.05) is 44.2 Å². The molecular formula is C13H13BrN2O. The predicted octanol–water partition coefficient (Wildman–Crippen LogP) is 3.84. The van der Waals surface area contributed by atoms with E-state index in [2.05, 4.69) is 20.9 Å². The number of pyridine rings is 1. The molecule has 1 aromatic carbocycles. The van der Waals surface area contributed by atoms with Gasteiger partial charge in [-0.05, 0) is 37.6 Å². The normalized spacial score (nSPS) is 10.3. The fourth-order valence-electron chi connectivity index (χ4n) is 1.57. The van der Waals surface area contributed by atoms with Crippen molar-refractivity contribution < 1.29 is 4.74 Å². The molecule has 0 saturated carbocycles. The second-order valence-electron chi connectivity index (χ2n) is 3.86. The van der Waals surface area contributed by atoms with Crippen LogP contribution in [0.15, 0.2) is 34.8 Å². The van der Waals surface area contributed by atoms with E-state index in [-0.39, 0.29) is 0 Å². The fourth-order valence-corrected chi connectivity index (χ4v) is 2.16. The van der Waals surface area contributed by atoms with Gasteiger partial charge in [-0.1, -0.05) is 22.0 Å². The molecule has 0 fully saturated rings. The van der Waals surface area contributed by atoms with Crippen molar-refractivity contribution in [2.75, 3.05) is 5.73 Å². The third-order valence-electron chi connectivity index (χ3n) is 2.34. The third kappa shape index (κ3) is 2.77. The van der Waals surface area contributed by atoms with Crippen molar-refractivity contribution in [3.8, 4) is 11.6 Å². The molecule has 1 heterocycles. The van der Waals surface area contributed by atoms with E-state index < -0.39 is 0 Å². The smallest absolute Gasteiger partial charge is 0.219 e. The van der Waals surface area contributed by atoms with Gasteiger partial charge in [0.15, 0.2) is 5.75 Å². The molecular weight excluding hydrogens is 280 g/mol. The van der Waals surface area contributed by atoms with Crippen LogP contribution in [0.2, 0.25) is 0 Å². The summed E-state index contributed by atoms with van der Waals surface area (Å²) in [6, 6.07) is 9.42. The van der Waals surface area contributed by atoms with Crippen LogP contribution in [-0.2, 0) is 0 Å². The SMILES string of the molecule is Cc1cccc(Oc2c(C)cc(Br)cc2N)n1.